The Labute approximate surface area is 120 Å². The largest absolute Gasteiger partial charge is 0.507 e. The van der Waals surface area contributed by atoms with Crippen LogP contribution < -0.4 is 5.43 Å². The van der Waals surface area contributed by atoms with Crippen LogP contribution in [0.4, 0.5) is 0 Å². The van der Waals surface area contributed by atoms with E-state index in [0.29, 0.717) is 0 Å². The fourth-order valence-electron chi connectivity index (χ4n) is 1.91. The van der Waals surface area contributed by atoms with Gasteiger partial charge in [0.2, 0.25) is 0 Å². The van der Waals surface area contributed by atoms with Crippen molar-refractivity contribution < 1.29 is 9.90 Å². The van der Waals surface area contributed by atoms with Crippen molar-refractivity contribution in [3.05, 3.63) is 29.8 Å². The summed E-state index contributed by atoms with van der Waals surface area (Å²) in [6.07, 6.45) is 10.0. The predicted molar refractivity (Wildman–Crippen MR) is 82.1 cm³/mol. The summed E-state index contributed by atoms with van der Waals surface area (Å²) in [5.74, 6) is -0.418. The molecule has 1 rings (SSSR count). The summed E-state index contributed by atoms with van der Waals surface area (Å²) in [7, 11) is 0. The van der Waals surface area contributed by atoms with Gasteiger partial charge in [-0.1, -0.05) is 51.2 Å². The molecule has 0 fully saturated rings. The predicted octanol–water partition coefficient (Wildman–Crippen LogP) is 3.86. The van der Waals surface area contributed by atoms with Gasteiger partial charge in [-0.05, 0) is 25.0 Å². The second kappa shape index (κ2) is 10.0. The van der Waals surface area contributed by atoms with Gasteiger partial charge in [-0.25, -0.2) is 5.43 Å². The number of rotatable bonds is 9. The number of amides is 1. The Morgan fingerprint density at radius 1 is 1.20 bits per heavy atom. The van der Waals surface area contributed by atoms with Crippen molar-refractivity contribution in [2.75, 3.05) is 0 Å². The number of nitrogens with zero attached hydrogens (tertiary/aromatic N) is 1. The molecule has 0 aromatic heterocycles. The smallest absolute Gasteiger partial charge is 0.275 e. The van der Waals surface area contributed by atoms with Gasteiger partial charge in [-0.3, -0.25) is 4.79 Å². The van der Waals surface area contributed by atoms with Crippen molar-refractivity contribution in [1.29, 1.82) is 0 Å². The molecular formula is C16H24N2O2. The van der Waals surface area contributed by atoms with Crippen LogP contribution in [0, 0.1) is 0 Å². The number of unbranched alkanes of at least 4 members (excludes halogenated alkanes) is 6. The summed E-state index contributed by atoms with van der Waals surface area (Å²) < 4.78 is 0. The molecule has 4 heteroatoms. The van der Waals surface area contributed by atoms with Crippen LogP contribution >= 0.6 is 0 Å². The maximum atomic E-state index is 11.7. The first-order valence-corrected chi connectivity index (χ1v) is 7.35. The molecule has 0 saturated carbocycles. The van der Waals surface area contributed by atoms with Gasteiger partial charge in [-0.2, -0.15) is 5.10 Å². The molecule has 0 unspecified atom stereocenters. The quantitative estimate of drug-likeness (QED) is 0.409. The lowest BCUT2D eigenvalue weighted by atomic mass is 10.1. The van der Waals surface area contributed by atoms with Gasteiger partial charge in [0.1, 0.15) is 5.75 Å². The molecule has 0 heterocycles. The highest BCUT2D eigenvalue weighted by atomic mass is 16.3. The third-order valence-corrected chi connectivity index (χ3v) is 3.09. The van der Waals surface area contributed by atoms with E-state index in [1.54, 1.807) is 24.4 Å². The number of phenolic OH excluding ortho intramolecular Hbond substituents is 1. The molecule has 4 nitrogen and oxygen atoms in total. The van der Waals surface area contributed by atoms with E-state index in [1.807, 2.05) is 0 Å². The molecule has 1 amide bonds. The third-order valence-electron chi connectivity index (χ3n) is 3.09. The van der Waals surface area contributed by atoms with Crippen LogP contribution in [0.5, 0.6) is 5.75 Å². The van der Waals surface area contributed by atoms with E-state index in [2.05, 4.69) is 17.5 Å². The highest BCUT2D eigenvalue weighted by molar-refractivity contribution is 5.96. The zero-order valence-electron chi connectivity index (χ0n) is 12.1. The maximum Gasteiger partial charge on any atom is 0.275 e. The van der Waals surface area contributed by atoms with E-state index in [9.17, 15) is 9.90 Å². The van der Waals surface area contributed by atoms with Gasteiger partial charge in [0, 0.05) is 6.21 Å². The zero-order chi connectivity index (χ0) is 14.6. The molecule has 0 aliphatic rings. The molecule has 0 aliphatic carbocycles. The summed E-state index contributed by atoms with van der Waals surface area (Å²) in [4.78, 5) is 11.7. The number of hydrogen-bond donors (Lipinski definition) is 2. The summed E-state index contributed by atoms with van der Waals surface area (Å²) in [6.45, 7) is 2.21. The number of para-hydroxylation sites is 1. The van der Waals surface area contributed by atoms with Crippen molar-refractivity contribution >= 4 is 12.1 Å². The number of benzene rings is 1. The first kappa shape index (κ1) is 16.2. The van der Waals surface area contributed by atoms with Crippen molar-refractivity contribution in [3.63, 3.8) is 0 Å². The molecule has 0 bridgehead atoms. The van der Waals surface area contributed by atoms with Crippen LogP contribution in [0.15, 0.2) is 29.4 Å². The van der Waals surface area contributed by atoms with Crippen molar-refractivity contribution in [1.82, 2.24) is 5.43 Å². The second-order valence-corrected chi connectivity index (χ2v) is 4.83. The third kappa shape index (κ3) is 6.36. The minimum Gasteiger partial charge on any atom is -0.507 e. The number of carbonyl (C=O) groups is 1. The summed E-state index contributed by atoms with van der Waals surface area (Å²) in [5.41, 5.74) is 2.66. The van der Waals surface area contributed by atoms with Crippen LogP contribution in [0.3, 0.4) is 0 Å². The number of aromatic hydroxyl groups is 1. The number of hydrazone groups is 1. The highest BCUT2D eigenvalue weighted by Gasteiger charge is 2.08. The lowest BCUT2D eigenvalue weighted by Gasteiger charge is -2.01. The first-order valence-electron chi connectivity index (χ1n) is 7.35. The average molecular weight is 276 g/mol. The number of carbonyl (C=O) groups excluding carboxylic acids is 1. The molecule has 0 aliphatic heterocycles. The lowest BCUT2D eigenvalue weighted by Crippen LogP contribution is -2.17. The van der Waals surface area contributed by atoms with Crippen LogP contribution in [-0.2, 0) is 0 Å². The Hall–Kier alpha value is -1.84. The van der Waals surface area contributed by atoms with Crippen LogP contribution in [0.1, 0.15) is 62.2 Å². The average Bonchev–Trinajstić information content (AvgIpc) is 2.46. The number of nitrogens with one attached hydrogen (secondary N) is 1. The standard InChI is InChI=1S/C16H24N2O2/c1-2-3-4-5-6-7-10-13-17-18-16(20)14-11-8-9-12-15(14)19/h8-9,11-13,19H,2-7,10H2,1H3,(H,18,20)/b17-13+. The topological polar surface area (TPSA) is 61.7 Å². The number of phenols is 1. The summed E-state index contributed by atoms with van der Waals surface area (Å²) >= 11 is 0. The Morgan fingerprint density at radius 2 is 1.90 bits per heavy atom. The van der Waals surface area contributed by atoms with E-state index < -0.39 is 0 Å². The van der Waals surface area contributed by atoms with Gasteiger partial charge >= 0.3 is 0 Å². The van der Waals surface area contributed by atoms with Gasteiger partial charge in [-0.15, -0.1) is 0 Å². The van der Waals surface area contributed by atoms with Gasteiger partial charge in [0.05, 0.1) is 5.56 Å². The monoisotopic (exact) mass is 276 g/mol. The van der Waals surface area contributed by atoms with Crippen LogP contribution in [0.2, 0.25) is 0 Å². The van der Waals surface area contributed by atoms with Gasteiger partial charge < -0.3 is 5.11 Å². The molecule has 0 radical (unpaired) electrons. The molecule has 0 atom stereocenters. The van der Waals surface area contributed by atoms with Gasteiger partial charge in [0.25, 0.3) is 5.91 Å². The fourth-order valence-corrected chi connectivity index (χ4v) is 1.91. The van der Waals surface area contributed by atoms with Crippen molar-refractivity contribution in [2.24, 2.45) is 5.10 Å². The van der Waals surface area contributed by atoms with Crippen LogP contribution in [-0.4, -0.2) is 17.2 Å². The van der Waals surface area contributed by atoms with Crippen molar-refractivity contribution in [2.45, 2.75) is 51.9 Å². The maximum absolute atomic E-state index is 11.7. The van der Waals surface area contributed by atoms with Gasteiger partial charge in [0.15, 0.2) is 0 Å². The number of hydrogen-bond acceptors (Lipinski definition) is 3. The van der Waals surface area contributed by atoms with E-state index in [4.69, 9.17) is 0 Å². The van der Waals surface area contributed by atoms with Crippen LogP contribution in [0.25, 0.3) is 0 Å². The molecule has 1 aromatic rings. The molecule has 20 heavy (non-hydrogen) atoms. The molecular weight excluding hydrogens is 252 g/mol. The van der Waals surface area contributed by atoms with E-state index in [-0.39, 0.29) is 17.2 Å². The fraction of sp³-hybridized carbons (Fsp3) is 0.500. The van der Waals surface area contributed by atoms with Crippen molar-refractivity contribution in [3.8, 4) is 5.75 Å². The summed E-state index contributed by atoms with van der Waals surface area (Å²) in [6, 6.07) is 6.42. The van der Waals surface area contributed by atoms with E-state index in [1.165, 1.54) is 38.2 Å². The Bertz CT molecular complexity index is 430. The molecule has 0 saturated heterocycles. The van der Waals surface area contributed by atoms with E-state index >= 15 is 0 Å². The minimum atomic E-state index is -0.387. The lowest BCUT2D eigenvalue weighted by molar-refractivity contribution is 0.0952. The Morgan fingerprint density at radius 3 is 2.65 bits per heavy atom. The Kier molecular flexibility index (Phi) is 8.11. The normalized spacial score (nSPS) is 10.8. The summed E-state index contributed by atoms with van der Waals surface area (Å²) in [5, 5.41) is 13.4. The molecule has 110 valence electrons. The minimum absolute atomic E-state index is 0.0314. The Balaban J connectivity index is 2.15. The SMILES string of the molecule is CCCCCCCC/C=N/NC(=O)c1ccccc1O. The second-order valence-electron chi connectivity index (χ2n) is 4.83. The zero-order valence-corrected chi connectivity index (χ0v) is 12.1. The molecule has 2 N–H and O–H groups in total. The highest BCUT2D eigenvalue weighted by Crippen LogP contribution is 2.14. The molecule has 1 aromatic carbocycles. The van der Waals surface area contributed by atoms with E-state index in [0.717, 1.165) is 12.8 Å². The molecule has 0 spiro atoms. The first-order chi connectivity index (χ1) is 9.75.